The maximum atomic E-state index is 11.4. The summed E-state index contributed by atoms with van der Waals surface area (Å²) in [5.41, 5.74) is 6.92. The predicted octanol–water partition coefficient (Wildman–Crippen LogP) is 1.69. The summed E-state index contributed by atoms with van der Waals surface area (Å²) in [6.07, 6.45) is 8.75. The number of rotatable bonds is 11. The number of nitrogens with zero attached hydrogens (tertiary/aromatic N) is 4. The first-order chi connectivity index (χ1) is 13.6. The number of allylic oxidation sites excluding steroid dienone is 1. The van der Waals surface area contributed by atoms with E-state index in [9.17, 15) is 4.79 Å². The highest BCUT2D eigenvalue weighted by molar-refractivity contribution is 5.85. The minimum atomic E-state index is -0.529. The average molecular weight is 388 g/mol. The largest absolute Gasteiger partial charge is 0.462 e. The molecule has 2 rings (SSSR count). The Balaban J connectivity index is 2.06. The SMILES string of the molecule is CCC(CC)Cn1ccc2cnc(NC(C=NCC(=O)OCCO)=CN)nc21. The van der Waals surface area contributed by atoms with E-state index in [0.29, 0.717) is 17.6 Å². The molecule has 0 saturated heterocycles. The van der Waals surface area contributed by atoms with Crippen LogP contribution in [0.2, 0.25) is 0 Å². The van der Waals surface area contributed by atoms with Crippen molar-refractivity contribution in [2.45, 2.75) is 33.2 Å². The smallest absolute Gasteiger partial charge is 0.327 e. The first-order valence-corrected chi connectivity index (χ1v) is 9.38. The number of carbonyl (C=O) groups excluding carboxylic acids is 1. The van der Waals surface area contributed by atoms with Crippen molar-refractivity contribution >= 4 is 29.2 Å². The zero-order valence-electron chi connectivity index (χ0n) is 16.3. The van der Waals surface area contributed by atoms with E-state index < -0.39 is 5.97 Å². The van der Waals surface area contributed by atoms with Gasteiger partial charge in [0.25, 0.3) is 0 Å². The van der Waals surface area contributed by atoms with E-state index in [1.165, 1.54) is 12.4 Å². The van der Waals surface area contributed by atoms with Crippen molar-refractivity contribution in [2.75, 3.05) is 25.1 Å². The average Bonchev–Trinajstić information content (AvgIpc) is 3.11. The Morgan fingerprint density at radius 2 is 2.25 bits per heavy atom. The Morgan fingerprint density at radius 3 is 2.93 bits per heavy atom. The molecule has 28 heavy (non-hydrogen) atoms. The fourth-order valence-electron chi connectivity index (χ4n) is 2.67. The fourth-order valence-corrected chi connectivity index (χ4v) is 2.67. The van der Waals surface area contributed by atoms with Gasteiger partial charge in [0.15, 0.2) is 0 Å². The van der Waals surface area contributed by atoms with Crippen LogP contribution in [-0.2, 0) is 16.1 Å². The molecule has 4 N–H and O–H groups in total. The summed E-state index contributed by atoms with van der Waals surface area (Å²) in [6.45, 7) is 4.86. The van der Waals surface area contributed by atoms with Crippen LogP contribution in [0.15, 0.2) is 35.3 Å². The van der Waals surface area contributed by atoms with Gasteiger partial charge >= 0.3 is 5.97 Å². The lowest BCUT2D eigenvalue weighted by molar-refractivity contribution is -0.142. The monoisotopic (exact) mass is 388 g/mol. The number of aliphatic hydroxyl groups is 1. The number of fused-ring (bicyclic) bond motifs is 1. The minimum absolute atomic E-state index is 0.0450. The molecule has 2 aromatic rings. The Labute approximate surface area is 164 Å². The van der Waals surface area contributed by atoms with Gasteiger partial charge in [-0.1, -0.05) is 26.7 Å². The number of anilines is 1. The van der Waals surface area contributed by atoms with Crippen molar-refractivity contribution in [1.29, 1.82) is 0 Å². The van der Waals surface area contributed by atoms with Gasteiger partial charge in [-0.25, -0.2) is 4.98 Å². The molecule has 0 bridgehead atoms. The van der Waals surface area contributed by atoms with E-state index in [1.54, 1.807) is 6.20 Å². The third-order valence-electron chi connectivity index (χ3n) is 4.35. The number of ether oxygens (including phenoxy) is 1. The Morgan fingerprint density at radius 1 is 1.46 bits per heavy atom. The van der Waals surface area contributed by atoms with Gasteiger partial charge in [-0.15, -0.1) is 0 Å². The molecule has 0 aromatic carbocycles. The van der Waals surface area contributed by atoms with E-state index in [4.69, 9.17) is 15.6 Å². The van der Waals surface area contributed by atoms with E-state index >= 15 is 0 Å². The number of esters is 1. The van der Waals surface area contributed by atoms with Crippen LogP contribution < -0.4 is 11.1 Å². The summed E-state index contributed by atoms with van der Waals surface area (Å²) in [4.78, 5) is 24.2. The first-order valence-electron chi connectivity index (χ1n) is 9.38. The minimum Gasteiger partial charge on any atom is -0.462 e. The zero-order valence-corrected chi connectivity index (χ0v) is 16.3. The van der Waals surface area contributed by atoms with Crippen molar-refractivity contribution in [3.63, 3.8) is 0 Å². The molecule has 0 unspecified atom stereocenters. The van der Waals surface area contributed by atoms with Crippen molar-refractivity contribution in [2.24, 2.45) is 16.6 Å². The maximum absolute atomic E-state index is 11.4. The maximum Gasteiger partial charge on any atom is 0.327 e. The highest BCUT2D eigenvalue weighted by Crippen LogP contribution is 2.19. The van der Waals surface area contributed by atoms with Gasteiger partial charge in [0.1, 0.15) is 18.8 Å². The molecule has 9 heteroatoms. The van der Waals surface area contributed by atoms with Crippen LogP contribution in [0, 0.1) is 5.92 Å². The van der Waals surface area contributed by atoms with Crippen molar-refractivity contribution in [1.82, 2.24) is 14.5 Å². The summed E-state index contributed by atoms with van der Waals surface area (Å²) in [7, 11) is 0. The molecule has 0 amide bonds. The molecule has 0 atom stereocenters. The number of hydrogen-bond donors (Lipinski definition) is 3. The molecule has 0 aliphatic rings. The van der Waals surface area contributed by atoms with Gasteiger partial charge in [-0.2, -0.15) is 4.98 Å². The summed E-state index contributed by atoms with van der Waals surface area (Å²) in [5.74, 6) is 0.459. The second kappa shape index (κ2) is 11.0. The molecule has 0 fully saturated rings. The number of nitrogens with one attached hydrogen (secondary N) is 1. The van der Waals surface area contributed by atoms with Crippen molar-refractivity contribution in [3.05, 3.63) is 30.4 Å². The Bertz CT molecular complexity index is 826. The molecule has 0 saturated carbocycles. The van der Waals surface area contributed by atoms with Crippen LogP contribution in [0.1, 0.15) is 26.7 Å². The lowest BCUT2D eigenvalue weighted by Gasteiger charge is -2.14. The lowest BCUT2D eigenvalue weighted by Crippen LogP contribution is -2.13. The molecule has 0 aliphatic carbocycles. The van der Waals surface area contributed by atoms with E-state index in [0.717, 1.165) is 30.4 Å². The molecular weight excluding hydrogens is 360 g/mol. The third-order valence-corrected chi connectivity index (χ3v) is 4.35. The quantitative estimate of drug-likeness (QED) is 0.395. The van der Waals surface area contributed by atoms with Gasteiger partial charge < -0.3 is 25.5 Å². The summed E-state index contributed by atoms with van der Waals surface area (Å²) >= 11 is 0. The second-order valence-electron chi connectivity index (χ2n) is 6.28. The molecule has 0 spiro atoms. The van der Waals surface area contributed by atoms with Crippen LogP contribution >= 0.6 is 0 Å². The van der Waals surface area contributed by atoms with Gasteiger partial charge in [-0.05, 0) is 12.0 Å². The number of carbonyl (C=O) groups is 1. The van der Waals surface area contributed by atoms with E-state index in [2.05, 4.69) is 38.7 Å². The molecule has 0 aliphatic heterocycles. The molecule has 9 nitrogen and oxygen atoms in total. The normalized spacial score (nSPS) is 12.2. The summed E-state index contributed by atoms with van der Waals surface area (Å²) in [6, 6.07) is 2.00. The molecule has 2 heterocycles. The van der Waals surface area contributed by atoms with Gasteiger partial charge in [0.2, 0.25) is 5.95 Å². The van der Waals surface area contributed by atoms with Crippen LogP contribution in [0.3, 0.4) is 0 Å². The topological polar surface area (TPSA) is 128 Å². The van der Waals surface area contributed by atoms with Crippen LogP contribution in [-0.4, -0.2) is 51.6 Å². The Hall–Kier alpha value is -2.94. The zero-order chi connectivity index (χ0) is 20.4. The van der Waals surface area contributed by atoms with Crippen molar-refractivity contribution in [3.8, 4) is 0 Å². The molecule has 0 radical (unpaired) electrons. The van der Waals surface area contributed by atoms with E-state index in [1.807, 2.05) is 12.3 Å². The number of hydrogen-bond acceptors (Lipinski definition) is 8. The number of aliphatic hydroxyl groups excluding tert-OH is 1. The van der Waals surface area contributed by atoms with E-state index in [-0.39, 0.29) is 19.8 Å². The lowest BCUT2D eigenvalue weighted by atomic mass is 10.0. The van der Waals surface area contributed by atoms with Gasteiger partial charge in [-0.3, -0.25) is 9.79 Å². The highest BCUT2D eigenvalue weighted by atomic mass is 16.5. The predicted molar refractivity (Wildman–Crippen MR) is 109 cm³/mol. The van der Waals surface area contributed by atoms with Crippen LogP contribution in [0.4, 0.5) is 5.95 Å². The molecular formula is C19H28N6O3. The third kappa shape index (κ3) is 6.05. The van der Waals surface area contributed by atoms with Crippen molar-refractivity contribution < 1.29 is 14.6 Å². The summed E-state index contributed by atoms with van der Waals surface area (Å²) < 4.78 is 6.86. The fraction of sp³-hybridized carbons (Fsp3) is 0.474. The number of aliphatic imine (C=N–C) groups is 1. The van der Waals surface area contributed by atoms with Gasteiger partial charge in [0.05, 0.1) is 12.3 Å². The highest BCUT2D eigenvalue weighted by Gasteiger charge is 2.10. The van der Waals surface area contributed by atoms with Gasteiger partial charge in [0, 0.05) is 36.7 Å². The number of aromatic nitrogens is 3. The molecule has 152 valence electrons. The second-order valence-corrected chi connectivity index (χ2v) is 6.28. The van der Waals surface area contributed by atoms with Crippen LogP contribution in [0.5, 0.6) is 0 Å². The Kier molecular flexibility index (Phi) is 8.41. The standard InChI is InChI=1S/C19H28N6O3/c1-3-14(4-2)13-25-6-5-15-10-22-19(24-18(15)25)23-16(9-20)11-21-12-17(27)28-8-7-26/h5-6,9-11,14,26H,3-4,7-8,12-13,20H2,1-2H3,(H,22,23,24). The summed E-state index contributed by atoms with van der Waals surface area (Å²) in [5, 5.41) is 12.6. The molecule has 2 aromatic heterocycles. The first kappa shape index (κ1) is 21.4. The number of nitrogens with two attached hydrogens (primary N) is 1. The van der Waals surface area contributed by atoms with Crippen LogP contribution in [0.25, 0.3) is 11.0 Å².